The fourth-order valence-corrected chi connectivity index (χ4v) is 3.52. The number of non-ortho nitro benzene ring substituents is 1. The first kappa shape index (κ1) is 19.1. The Bertz CT molecular complexity index is 1150. The average Bonchev–Trinajstić information content (AvgIpc) is 3.36. The number of rotatable bonds is 5. The summed E-state index contributed by atoms with van der Waals surface area (Å²) in [6, 6.07) is 16.3. The monoisotopic (exact) mass is 404 g/mol. The van der Waals surface area contributed by atoms with Crippen LogP contribution in [0.5, 0.6) is 0 Å². The van der Waals surface area contributed by atoms with Crippen molar-refractivity contribution in [2.24, 2.45) is 0 Å². The maximum absolute atomic E-state index is 12.9. The standard InChI is InChI=1S/C22H16N2O6/c25-20(14-6-2-1-3-7-14)18-19(15-8-4-9-16(12-15)24(28)29)23(22(27)21(18)26)13-17-10-5-11-30-17/h1-12,19,25H,13H2/t19-/m0/s1. The molecule has 3 aromatic rings. The van der Waals surface area contributed by atoms with Gasteiger partial charge in [0.25, 0.3) is 17.4 Å². The summed E-state index contributed by atoms with van der Waals surface area (Å²) >= 11 is 0. The Kier molecular flexibility index (Phi) is 4.89. The zero-order chi connectivity index (χ0) is 21.3. The third kappa shape index (κ3) is 3.35. The molecule has 1 aliphatic heterocycles. The minimum Gasteiger partial charge on any atom is -0.507 e. The first-order valence-corrected chi connectivity index (χ1v) is 9.08. The molecule has 150 valence electrons. The highest BCUT2D eigenvalue weighted by atomic mass is 16.6. The summed E-state index contributed by atoms with van der Waals surface area (Å²) in [5.41, 5.74) is 0.394. The summed E-state index contributed by atoms with van der Waals surface area (Å²) in [5.74, 6) is -1.58. The van der Waals surface area contributed by atoms with E-state index in [9.17, 15) is 24.8 Å². The van der Waals surface area contributed by atoms with Gasteiger partial charge in [0, 0.05) is 17.7 Å². The number of nitro benzene ring substituents is 1. The molecule has 8 nitrogen and oxygen atoms in total. The van der Waals surface area contributed by atoms with Crippen molar-refractivity contribution in [3.05, 3.63) is 106 Å². The summed E-state index contributed by atoms with van der Waals surface area (Å²) < 4.78 is 5.31. The number of aliphatic hydroxyl groups is 1. The van der Waals surface area contributed by atoms with E-state index in [2.05, 4.69) is 0 Å². The molecule has 1 amide bonds. The molecular formula is C22H16N2O6. The summed E-state index contributed by atoms with van der Waals surface area (Å²) in [5, 5.41) is 22.1. The number of hydrogen-bond donors (Lipinski definition) is 1. The van der Waals surface area contributed by atoms with Crippen LogP contribution >= 0.6 is 0 Å². The van der Waals surface area contributed by atoms with E-state index in [1.54, 1.807) is 48.5 Å². The van der Waals surface area contributed by atoms with Crippen molar-refractivity contribution >= 4 is 23.1 Å². The smallest absolute Gasteiger partial charge is 0.296 e. The molecule has 4 rings (SSSR count). The number of amides is 1. The van der Waals surface area contributed by atoms with Gasteiger partial charge in [0.05, 0.1) is 29.3 Å². The van der Waals surface area contributed by atoms with Crippen LogP contribution in [-0.2, 0) is 16.1 Å². The van der Waals surface area contributed by atoms with E-state index < -0.39 is 22.7 Å². The van der Waals surface area contributed by atoms with E-state index in [0.29, 0.717) is 16.9 Å². The zero-order valence-corrected chi connectivity index (χ0v) is 15.6. The molecule has 1 saturated heterocycles. The van der Waals surface area contributed by atoms with Gasteiger partial charge in [-0.15, -0.1) is 0 Å². The molecule has 8 heteroatoms. The Hall–Kier alpha value is -4.20. The number of nitro groups is 1. The lowest BCUT2D eigenvalue weighted by atomic mass is 9.95. The SMILES string of the molecule is O=C1C(=O)N(Cc2ccco2)[C@@H](c2cccc([N+](=O)[O-])c2)C1=C(O)c1ccccc1. The number of carbonyl (C=O) groups excluding carboxylic acids is 2. The molecule has 0 aliphatic carbocycles. The predicted octanol–water partition coefficient (Wildman–Crippen LogP) is 3.81. The Balaban J connectivity index is 1.89. The zero-order valence-electron chi connectivity index (χ0n) is 15.6. The quantitative estimate of drug-likeness (QED) is 0.227. The van der Waals surface area contributed by atoms with Crippen LogP contribution in [0.3, 0.4) is 0 Å². The molecule has 0 radical (unpaired) electrons. The van der Waals surface area contributed by atoms with E-state index in [4.69, 9.17) is 4.42 Å². The second kappa shape index (κ2) is 7.67. The Morgan fingerprint density at radius 2 is 1.83 bits per heavy atom. The largest absolute Gasteiger partial charge is 0.507 e. The van der Waals surface area contributed by atoms with E-state index in [1.807, 2.05) is 0 Å². The average molecular weight is 404 g/mol. The van der Waals surface area contributed by atoms with Crippen molar-refractivity contribution in [1.82, 2.24) is 4.90 Å². The van der Waals surface area contributed by atoms with Gasteiger partial charge in [-0.1, -0.05) is 42.5 Å². The highest BCUT2D eigenvalue weighted by Crippen LogP contribution is 2.41. The Morgan fingerprint density at radius 3 is 2.50 bits per heavy atom. The van der Waals surface area contributed by atoms with Crippen LogP contribution in [-0.4, -0.2) is 26.6 Å². The lowest BCUT2D eigenvalue weighted by molar-refractivity contribution is -0.384. The molecular weight excluding hydrogens is 388 g/mol. The fourth-order valence-electron chi connectivity index (χ4n) is 3.52. The van der Waals surface area contributed by atoms with Crippen LogP contribution in [0.2, 0.25) is 0 Å². The van der Waals surface area contributed by atoms with Crippen molar-refractivity contribution in [2.75, 3.05) is 0 Å². The molecule has 1 atom stereocenters. The lowest BCUT2D eigenvalue weighted by Gasteiger charge is -2.24. The van der Waals surface area contributed by atoms with E-state index in [0.717, 1.165) is 0 Å². The van der Waals surface area contributed by atoms with Gasteiger partial charge in [-0.3, -0.25) is 19.7 Å². The molecule has 1 aromatic heterocycles. The van der Waals surface area contributed by atoms with Gasteiger partial charge in [-0.25, -0.2) is 0 Å². The molecule has 1 N–H and O–H groups in total. The van der Waals surface area contributed by atoms with Gasteiger partial charge < -0.3 is 14.4 Å². The van der Waals surface area contributed by atoms with Crippen LogP contribution < -0.4 is 0 Å². The molecule has 1 aliphatic rings. The van der Waals surface area contributed by atoms with Crippen LogP contribution in [0, 0.1) is 10.1 Å². The molecule has 2 heterocycles. The van der Waals surface area contributed by atoms with Crippen LogP contribution in [0.4, 0.5) is 5.69 Å². The number of hydrogen-bond acceptors (Lipinski definition) is 6. The maximum atomic E-state index is 12.9. The number of nitrogens with zero attached hydrogens (tertiary/aromatic N) is 2. The number of Topliss-reactive ketones (excluding diaryl/α,β-unsaturated/α-hetero) is 1. The lowest BCUT2D eigenvalue weighted by Crippen LogP contribution is -2.29. The molecule has 0 saturated carbocycles. The molecule has 0 bridgehead atoms. The van der Waals surface area contributed by atoms with Gasteiger partial charge in [-0.05, 0) is 17.7 Å². The fraction of sp³-hybridized carbons (Fsp3) is 0.0909. The molecule has 1 fully saturated rings. The van der Waals surface area contributed by atoms with Gasteiger partial charge in [0.15, 0.2) is 0 Å². The minimum atomic E-state index is -1.00. The van der Waals surface area contributed by atoms with Gasteiger partial charge >= 0.3 is 0 Å². The van der Waals surface area contributed by atoms with E-state index in [-0.39, 0.29) is 23.6 Å². The molecule has 2 aromatic carbocycles. The minimum absolute atomic E-state index is 0.0312. The first-order chi connectivity index (χ1) is 14.5. The maximum Gasteiger partial charge on any atom is 0.296 e. The molecule has 0 unspecified atom stereocenters. The van der Waals surface area contributed by atoms with E-state index >= 15 is 0 Å². The highest BCUT2D eigenvalue weighted by molar-refractivity contribution is 6.46. The number of furan rings is 1. The normalized spacial score (nSPS) is 18.0. The number of benzene rings is 2. The Morgan fingerprint density at radius 1 is 1.07 bits per heavy atom. The number of ketones is 1. The topological polar surface area (TPSA) is 114 Å². The van der Waals surface area contributed by atoms with Crippen LogP contribution in [0.15, 0.2) is 83.0 Å². The van der Waals surface area contributed by atoms with Crippen molar-refractivity contribution in [2.45, 2.75) is 12.6 Å². The van der Waals surface area contributed by atoms with Gasteiger partial charge in [-0.2, -0.15) is 0 Å². The first-order valence-electron chi connectivity index (χ1n) is 9.08. The third-order valence-electron chi connectivity index (χ3n) is 4.89. The molecule has 30 heavy (non-hydrogen) atoms. The summed E-state index contributed by atoms with van der Waals surface area (Å²) in [4.78, 5) is 37.7. The molecule has 0 spiro atoms. The number of likely N-dealkylation sites (tertiary alicyclic amines) is 1. The van der Waals surface area contributed by atoms with Gasteiger partial charge in [0.2, 0.25) is 0 Å². The summed E-state index contributed by atoms with van der Waals surface area (Å²) in [6.45, 7) is -0.0312. The van der Waals surface area contributed by atoms with Crippen LogP contribution in [0.1, 0.15) is 22.9 Å². The van der Waals surface area contributed by atoms with Gasteiger partial charge in [0.1, 0.15) is 11.5 Å². The second-order valence-electron chi connectivity index (χ2n) is 6.72. The Labute approximate surface area is 170 Å². The predicted molar refractivity (Wildman–Crippen MR) is 106 cm³/mol. The number of aliphatic hydroxyl groups excluding tert-OH is 1. The summed E-state index contributed by atoms with van der Waals surface area (Å²) in [7, 11) is 0. The van der Waals surface area contributed by atoms with Crippen molar-refractivity contribution < 1.29 is 24.0 Å². The third-order valence-corrected chi connectivity index (χ3v) is 4.89. The van der Waals surface area contributed by atoms with Crippen molar-refractivity contribution in [1.29, 1.82) is 0 Å². The second-order valence-corrected chi connectivity index (χ2v) is 6.72. The van der Waals surface area contributed by atoms with Crippen LogP contribution in [0.25, 0.3) is 5.76 Å². The number of carbonyl (C=O) groups is 2. The van der Waals surface area contributed by atoms with E-state index in [1.165, 1.54) is 29.4 Å². The van der Waals surface area contributed by atoms with Crippen molar-refractivity contribution in [3.8, 4) is 0 Å². The van der Waals surface area contributed by atoms with Crippen molar-refractivity contribution in [3.63, 3.8) is 0 Å². The summed E-state index contributed by atoms with van der Waals surface area (Å²) in [6.07, 6.45) is 1.44. The highest BCUT2D eigenvalue weighted by Gasteiger charge is 2.46.